The van der Waals surface area contributed by atoms with Crippen molar-refractivity contribution in [1.82, 2.24) is 0 Å². The molecule has 1 aromatic rings. The number of ether oxygens (including phenoxy) is 1. The average Bonchev–Trinajstić information content (AvgIpc) is 2.67. The maximum atomic E-state index is 6.09. The zero-order valence-corrected chi connectivity index (χ0v) is 9.83. The van der Waals surface area contributed by atoms with Crippen LogP contribution in [0.4, 0.5) is 5.69 Å². The van der Waals surface area contributed by atoms with Gasteiger partial charge in [-0.25, -0.2) is 0 Å². The molecular weight excluding hydrogens is 198 g/mol. The molecule has 3 rings (SSSR count). The van der Waals surface area contributed by atoms with Crippen molar-refractivity contribution in [3.63, 3.8) is 0 Å². The van der Waals surface area contributed by atoms with E-state index < -0.39 is 0 Å². The van der Waals surface area contributed by atoms with Crippen LogP contribution in [0.5, 0.6) is 5.75 Å². The normalized spacial score (nSPS) is 23.4. The van der Waals surface area contributed by atoms with Gasteiger partial charge in [0.2, 0.25) is 0 Å². The molecule has 2 heteroatoms. The number of fused-ring (bicyclic) bond motifs is 1. The lowest BCUT2D eigenvalue weighted by Crippen LogP contribution is -2.25. The third-order valence-corrected chi connectivity index (χ3v) is 3.85. The molecule has 2 nitrogen and oxygen atoms in total. The van der Waals surface area contributed by atoms with Crippen LogP contribution in [-0.4, -0.2) is 12.6 Å². The molecule has 86 valence electrons. The summed E-state index contributed by atoms with van der Waals surface area (Å²) in [6.45, 7) is 3.32. The molecule has 1 aliphatic carbocycles. The molecule has 0 bridgehead atoms. The van der Waals surface area contributed by atoms with E-state index in [-0.39, 0.29) is 0 Å². The summed E-state index contributed by atoms with van der Waals surface area (Å²) in [7, 11) is 0. The lowest BCUT2D eigenvalue weighted by molar-refractivity contribution is 0.119. The molecule has 0 spiro atoms. The zero-order valence-electron chi connectivity index (χ0n) is 9.83. The molecule has 1 N–H and O–H groups in total. The molecule has 2 aliphatic rings. The van der Waals surface area contributed by atoms with Gasteiger partial charge >= 0.3 is 0 Å². The molecule has 1 atom stereocenters. The Morgan fingerprint density at radius 3 is 2.94 bits per heavy atom. The standard InChI is InChI=1S/C14H19NO/c1-2-10-9-15-12-7-4-8-13(14(10)12)16-11-5-3-6-11/h4,7-8,10-11,15H,2-3,5-6,9H2,1H3. The number of benzene rings is 1. The van der Waals surface area contributed by atoms with Gasteiger partial charge < -0.3 is 10.1 Å². The molecule has 0 aromatic heterocycles. The second-order valence-corrected chi connectivity index (χ2v) is 4.87. The van der Waals surface area contributed by atoms with Gasteiger partial charge in [0, 0.05) is 23.7 Å². The van der Waals surface area contributed by atoms with Crippen molar-refractivity contribution in [2.75, 3.05) is 11.9 Å². The Bertz CT molecular complexity index is 384. The molecule has 1 aromatic carbocycles. The third kappa shape index (κ3) is 1.57. The summed E-state index contributed by atoms with van der Waals surface area (Å²) in [6, 6.07) is 6.39. The highest BCUT2D eigenvalue weighted by atomic mass is 16.5. The number of nitrogens with one attached hydrogen (secondary N) is 1. The molecule has 0 radical (unpaired) electrons. The number of hydrogen-bond donors (Lipinski definition) is 1. The van der Waals surface area contributed by atoms with Crippen molar-refractivity contribution in [3.05, 3.63) is 23.8 Å². The van der Waals surface area contributed by atoms with Crippen LogP contribution in [0.2, 0.25) is 0 Å². The fourth-order valence-electron chi connectivity index (χ4n) is 2.57. The van der Waals surface area contributed by atoms with Gasteiger partial charge in [0.05, 0.1) is 6.10 Å². The Morgan fingerprint density at radius 2 is 2.25 bits per heavy atom. The first-order valence-corrected chi connectivity index (χ1v) is 6.42. The van der Waals surface area contributed by atoms with Crippen molar-refractivity contribution in [2.45, 2.75) is 44.6 Å². The summed E-state index contributed by atoms with van der Waals surface area (Å²) < 4.78 is 6.09. The highest BCUT2D eigenvalue weighted by Crippen LogP contribution is 2.41. The Kier molecular flexibility index (Phi) is 2.50. The van der Waals surface area contributed by atoms with E-state index in [1.807, 2.05) is 0 Å². The Balaban J connectivity index is 1.89. The minimum absolute atomic E-state index is 0.476. The summed E-state index contributed by atoms with van der Waals surface area (Å²) in [5, 5.41) is 3.47. The molecule has 1 fully saturated rings. The van der Waals surface area contributed by atoms with Crippen molar-refractivity contribution < 1.29 is 4.74 Å². The van der Waals surface area contributed by atoms with Crippen LogP contribution in [0.1, 0.15) is 44.1 Å². The maximum Gasteiger partial charge on any atom is 0.125 e. The van der Waals surface area contributed by atoms with Crippen molar-refractivity contribution in [1.29, 1.82) is 0 Å². The molecule has 16 heavy (non-hydrogen) atoms. The van der Waals surface area contributed by atoms with Gasteiger partial charge in [0.25, 0.3) is 0 Å². The molecule has 1 heterocycles. The van der Waals surface area contributed by atoms with Crippen molar-refractivity contribution in [2.24, 2.45) is 0 Å². The van der Waals surface area contributed by atoms with Crippen LogP contribution in [0.3, 0.4) is 0 Å². The van der Waals surface area contributed by atoms with Crippen LogP contribution in [0.25, 0.3) is 0 Å². The summed E-state index contributed by atoms with van der Waals surface area (Å²) >= 11 is 0. The van der Waals surface area contributed by atoms with Gasteiger partial charge in [-0.1, -0.05) is 13.0 Å². The Hall–Kier alpha value is -1.18. The predicted octanol–water partition coefficient (Wildman–Crippen LogP) is 3.54. The van der Waals surface area contributed by atoms with E-state index in [2.05, 4.69) is 30.4 Å². The minimum atomic E-state index is 0.476. The summed E-state index contributed by atoms with van der Waals surface area (Å²) in [4.78, 5) is 0. The van der Waals surface area contributed by atoms with Crippen LogP contribution in [0.15, 0.2) is 18.2 Å². The second kappa shape index (κ2) is 4.00. The molecule has 1 unspecified atom stereocenters. The molecule has 1 aliphatic heterocycles. The largest absolute Gasteiger partial charge is 0.490 e. The average molecular weight is 217 g/mol. The van der Waals surface area contributed by atoms with E-state index in [0.29, 0.717) is 12.0 Å². The van der Waals surface area contributed by atoms with Crippen LogP contribution < -0.4 is 10.1 Å². The summed E-state index contributed by atoms with van der Waals surface area (Å²) in [6.07, 6.45) is 5.45. The van der Waals surface area contributed by atoms with Gasteiger partial charge in [-0.05, 0) is 37.8 Å². The monoisotopic (exact) mass is 217 g/mol. The van der Waals surface area contributed by atoms with E-state index >= 15 is 0 Å². The van der Waals surface area contributed by atoms with E-state index in [4.69, 9.17) is 4.74 Å². The molecule has 0 amide bonds. The van der Waals surface area contributed by atoms with Crippen molar-refractivity contribution in [3.8, 4) is 5.75 Å². The van der Waals surface area contributed by atoms with Crippen LogP contribution in [0, 0.1) is 0 Å². The fraction of sp³-hybridized carbons (Fsp3) is 0.571. The number of hydrogen-bond acceptors (Lipinski definition) is 2. The van der Waals surface area contributed by atoms with E-state index in [0.717, 1.165) is 12.3 Å². The Morgan fingerprint density at radius 1 is 1.38 bits per heavy atom. The van der Waals surface area contributed by atoms with Gasteiger partial charge in [-0.15, -0.1) is 0 Å². The van der Waals surface area contributed by atoms with E-state index in [9.17, 15) is 0 Å². The molecular formula is C14H19NO. The number of anilines is 1. The lowest BCUT2D eigenvalue weighted by atomic mass is 9.95. The first-order valence-electron chi connectivity index (χ1n) is 6.42. The Labute approximate surface area is 97.0 Å². The topological polar surface area (TPSA) is 21.3 Å². The highest BCUT2D eigenvalue weighted by molar-refractivity contribution is 5.63. The van der Waals surface area contributed by atoms with Gasteiger partial charge in [-0.3, -0.25) is 0 Å². The minimum Gasteiger partial charge on any atom is -0.490 e. The fourth-order valence-corrected chi connectivity index (χ4v) is 2.57. The van der Waals surface area contributed by atoms with Gasteiger partial charge in [0.15, 0.2) is 0 Å². The first kappa shape index (κ1) is 10.0. The second-order valence-electron chi connectivity index (χ2n) is 4.87. The molecule has 0 saturated heterocycles. The summed E-state index contributed by atoms with van der Waals surface area (Å²) in [5.41, 5.74) is 2.69. The first-order chi connectivity index (χ1) is 7.88. The smallest absolute Gasteiger partial charge is 0.125 e. The molecule has 1 saturated carbocycles. The maximum absolute atomic E-state index is 6.09. The number of rotatable bonds is 3. The highest BCUT2D eigenvalue weighted by Gasteiger charge is 2.27. The zero-order chi connectivity index (χ0) is 11.0. The SMILES string of the molecule is CCC1CNc2cccc(OC3CCC3)c21. The van der Waals surface area contributed by atoms with Crippen molar-refractivity contribution >= 4 is 5.69 Å². The predicted molar refractivity (Wildman–Crippen MR) is 66.2 cm³/mol. The van der Waals surface area contributed by atoms with E-state index in [1.165, 1.54) is 36.9 Å². The van der Waals surface area contributed by atoms with Crippen LogP contribution in [-0.2, 0) is 0 Å². The van der Waals surface area contributed by atoms with E-state index in [1.54, 1.807) is 0 Å². The van der Waals surface area contributed by atoms with Gasteiger partial charge in [0.1, 0.15) is 5.75 Å². The quantitative estimate of drug-likeness (QED) is 0.836. The van der Waals surface area contributed by atoms with Gasteiger partial charge in [-0.2, -0.15) is 0 Å². The lowest BCUT2D eigenvalue weighted by Gasteiger charge is -2.28. The third-order valence-electron chi connectivity index (χ3n) is 3.85. The van der Waals surface area contributed by atoms with Crippen LogP contribution >= 0.6 is 0 Å². The summed E-state index contributed by atoms with van der Waals surface area (Å²) in [5.74, 6) is 1.75.